The number of hydrogen-bond donors (Lipinski definition) is 0. The first kappa shape index (κ1) is 10.3. The van der Waals surface area contributed by atoms with Gasteiger partial charge in [-0.25, -0.2) is 0 Å². The lowest BCUT2D eigenvalue weighted by molar-refractivity contribution is 0.103. The zero-order chi connectivity index (χ0) is 11.7. The van der Waals surface area contributed by atoms with Crippen molar-refractivity contribution >= 4 is 5.78 Å². The smallest absolute Gasteiger partial charge is 0.193 e. The van der Waals surface area contributed by atoms with E-state index < -0.39 is 0 Å². The number of aryl methyl sites for hydroxylation is 1. The molecule has 0 radical (unpaired) electrons. The van der Waals surface area contributed by atoms with Gasteiger partial charge in [0.2, 0.25) is 0 Å². The van der Waals surface area contributed by atoms with Crippen LogP contribution in [0.1, 0.15) is 33.5 Å². The molecule has 2 aromatic carbocycles. The highest BCUT2D eigenvalue weighted by Crippen LogP contribution is 2.26. The maximum Gasteiger partial charge on any atom is 0.193 e. The summed E-state index contributed by atoms with van der Waals surface area (Å²) in [5.74, 6) is 0.157. The Kier molecular flexibility index (Phi) is 2.52. The Morgan fingerprint density at radius 2 is 1.71 bits per heavy atom. The molecule has 0 heterocycles. The van der Waals surface area contributed by atoms with Gasteiger partial charge in [-0.3, -0.25) is 4.79 Å². The lowest BCUT2D eigenvalue weighted by Crippen LogP contribution is -2.05. The zero-order valence-electron chi connectivity index (χ0n) is 9.65. The Bertz CT molecular complexity index is 555. The van der Waals surface area contributed by atoms with E-state index in [9.17, 15) is 4.79 Å². The molecule has 0 N–H and O–H groups in total. The predicted octanol–water partition coefficient (Wildman–Crippen LogP) is 3.41. The summed E-state index contributed by atoms with van der Waals surface area (Å²) in [5, 5.41) is 0. The van der Waals surface area contributed by atoms with E-state index in [1.165, 1.54) is 17.5 Å². The number of rotatable bonds is 2. The summed E-state index contributed by atoms with van der Waals surface area (Å²) in [6.45, 7) is 0. The topological polar surface area (TPSA) is 17.1 Å². The van der Waals surface area contributed by atoms with Crippen molar-refractivity contribution in [3.05, 3.63) is 70.8 Å². The number of ketones is 1. The van der Waals surface area contributed by atoms with Gasteiger partial charge in [0.05, 0.1) is 0 Å². The second kappa shape index (κ2) is 4.17. The largest absolute Gasteiger partial charge is 0.289 e. The first-order chi connectivity index (χ1) is 8.36. The zero-order valence-corrected chi connectivity index (χ0v) is 9.65. The number of carbonyl (C=O) groups excluding carboxylic acids is 1. The van der Waals surface area contributed by atoms with Crippen molar-refractivity contribution in [3.63, 3.8) is 0 Å². The standard InChI is InChI=1S/C16H14O/c17-16(13-6-2-1-3-7-13)15-11-5-9-12-8-4-10-14(12)15/h1-3,5-7,9,11H,4,8,10H2. The van der Waals surface area contributed by atoms with Crippen LogP contribution in [-0.4, -0.2) is 5.78 Å². The summed E-state index contributed by atoms with van der Waals surface area (Å²) in [7, 11) is 0. The summed E-state index contributed by atoms with van der Waals surface area (Å²) in [6.07, 6.45) is 3.34. The van der Waals surface area contributed by atoms with Gasteiger partial charge in [-0.05, 0) is 30.4 Å². The minimum Gasteiger partial charge on any atom is -0.289 e. The van der Waals surface area contributed by atoms with Crippen molar-refractivity contribution in [2.75, 3.05) is 0 Å². The lowest BCUT2D eigenvalue weighted by atomic mass is 9.96. The van der Waals surface area contributed by atoms with Gasteiger partial charge < -0.3 is 0 Å². The van der Waals surface area contributed by atoms with E-state index >= 15 is 0 Å². The van der Waals surface area contributed by atoms with Gasteiger partial charge in [-0.2, -0.15) is 0 Å². The molecule has 1 heteroatoms. The van der Waals surface area contributed by atoms with Crippen LogP contribution in [0.3, 0.4) is 0 Å². The number of benzene rings is 2. The van der Waals surface area contributed by atoms with Crippen LogP contribution in [0.15, 0.2) is 48.5 Å². The monoisotopic (exact) mass is 222 g/mol. The molecule has 2 aromatic rings. The fraction of sp³-hybridized carbons (Fsp3) is 0.188. The van der Waals surface area contributed by atoms with Crippen molar-refractivity contribution < 1.29 is 4.79 Å². The molecular weight excluding hydrogens is 208 g/mol. The van der Waals surface area contributed by atoms with Crippen LogP contribution < -0.4 is 0 Å². The van der Waals surface area contributed by atoms with Gasteiger partial charge in [-0.1, -0.05) is 48.5 Å². The number of fused-ring (bicyclic) bond motifs is 1. The van der Waals surface area contributed by atoms with Crippen LogP contribution in [0.5, 0.6) is 0 Å². The summed E-state index contributed by atoms with van der Waals surface area (Å²) in [6, 6.07) is 15.6. The fourth-order valence-corrected chi connectivity index (χ4v) is 2.58. The van der Waals surface area contributed by atoms with Gasteiger partial charge in [-0.15, -0.1) is 0 Å². The van der Waals surface area contributed by atoms with Crippen LogP contribution in [0.25, 0.3) is 0 Å². The lowest BCUT2D eigenvalue weighted by Gasteiger charge is -2.07. The first-order valence-corrected chi connectivity index (χ1v) is 6.07. The molecule has 0 saturated heterocycles. The fourth-order valence-electron chi connectivity index (χ4n) is 2.58. The van der Waals surface area contributed by atoms with E-state index in [-0.39, 0.29) is 5.78 Å². The number of carbonyl (C=O) groups is 1. The Balaban J connectivity index is 2.06. The third-order valence-electron chi connectivity index (χ3n) is 3.43. The highest BCUT2D eigenvalue weighted by atomic mass is 16.1. The molecular formula is C16H14O. The SMILES string of the molecule is O=C(c1ccccc1)c1cccc2c1CCC2. The van der Waals surface area contributed by atoms with Gasteiger partial charge >= 0.3 is 0 Å². The molecule has 1 aliphatic rings. The van der Waals surface area contributed by atoms with Gasteiger partial charge in [0, 0.05) is 11.1 Å². The molecule has 0 atom stereocenters. The molecule has 1 aliphatic carbocycles. The second-order valence-corrected chi connectivity index (χ2v) is 4.49. The summed E-state index contributed by atoms with van der Waals surface area (Å²) < 4.78 is 0. The molecule has 0 aromatic heterocycles. The molecule has 0 spiro atoms. The maximum atomic E-state index is 12.4. The summed E-state index contributed by atoms with van der Waals surface area (Å²) in [5.41, 5.74) is 4.30. The van der Waals surface area contributed by atoms with Gasteiger partial charge in [0.25, 0.3) is 0 Å². The van der Waals surface area contributed by atoms with E-state index in [0.29, 0.717) is 0 Å². The van der Waals surface area contributed by atoms with E-state index in [1.807, 2.05) is 42.5 Å². The maximum absolute atomic E-state index is 12.4. The minimum atomic E-state index is 0.157. The molecule has 0 amide bonds. The van der Waals surface area contributed by atoms with E-state index in [2.05, 4.69) is 6.07 Å². The summed E-state index contributed by atoms with van der Waals surface area (Å²) >= 11 is 0. The van der Waals surface area contributed by atoms with E-state index in [0.717, 1.165) is 24.0 Å². The Morgan fingerprint density at radius 3 is 2.53 bits per heavy atom. The molecule has 0 bridgehead atoms. The predicted molar refractivity (Wildman–Crippen MR) is 68.3 cm³/mol. The van der Waals surface area contributed by atoms with Crippen molar-refractivity contribution in [2.45, 2.75) is 19.3 Å². The quantitative estimate of drug-likeness (QED) is 0.712. The highest BCUT2D eigenvalue weighted by Gasteiger charge is 2.19. The average Bonchev–Trinajstić information content (AvgIpc) is 2.87. The van der Waals surface area contributed by atoms with Crippen LogP contribution >= 0.6 is 0 Å². The highest BCUT2D eigenvalue weighted by molar-refractivity contribution is 6.10. The van der Waals surface area contributed by atoms with Crippen molar-refractivity contribution in [1.82, 2.24) is 0 Å². The van der Waals surface area contributed by atoms with Gasteiger partial charge in [0.1, 0.15) is 0 Å². The first-order valence-electron chi connectivity index (χ1n) is 6.07. The second-order valence-electron chi connectivity index (χ2n) is 4.49. The third-order valence-corrected chi connectivity index (χ3v) is 3.43. The Morgan fingerprint density at radius 1 is 0.882 bits per heavy atom. The Hall–Kier alpha value is -1.89. The molecule has 0 aliphatic heterocycles. The van der Waals surface area contributed by atoms with Crippen LogP contribution in [0, 0.1) is 0 Å². The molecule has 1 nitrogen and oxygen atoms in total. The molecule has 17 heavy (non-hydrogen) atoms. The van der Waals surface area contributed by atoms with Crippen molar-refractivity contribution in [1.29, 1.82) is 0 Å². The minimum absolute atomic E-state index is 0.157. The van der Waals surface area contributed by atoms with Crippen LogP contribution in [-0.2, 0) is 12.8 Å². The molecule has 3 rings (SSSR count). The van der Waals surface area contributed by atoms with Gasteiger partial charge in [0.15, 0.2) is 5.78 Å². The van der Waals surface area contributed by atoms with Crippen LogP contribution in [0.4, 0.5) is 0 Å². The normalized spacial score (nSPS) is 13.4. The van der Waals surface area contributed by atoms with Crippen molar-refractivity contribution in [3.8, 4) is 0 Å². The molecule has 0 fully saturated rings. The summed E-state index contributed by atoms with van der Waals surface area (Å²) in [4.78, 5) is 12.4. The van der Waals surface area contributed by atoms with E-state index in [1.54, 1.807) is 0 Å². The molecule has 0 saturated carbocycles. The average molecular weight is 222 g/mol. The Labute approximate surface area is 101 Å². The van der Waals surface area contributed by atoms with Crippen molar-refractivity contribution in [2.24, 2.45) is 0 Å². The molecule has 0 unspecified atom stereocenters. The molecule has 84 valence electrons. The van der Waals surface area contributed by atoms with Crippen LogP contribution in [0.2, 0.25) is 0 Å². The van der Waals surface area contributed by atoms with E-state index in [4.69, 9.17) is 0 Å². The number of hydrogen-bond acceptors (Lipinski definition) is 1. The third kappa shape index (κ3) is 1.78.